The second-order valence-electron chi connectivity index (χ2n) is 4.51. The van der Waals surface area contributed by atoms with Crippen LogP contribution in [0.25, 0.3) is 5.70 Å². The van der Waals surface area contributed by atoms with Gasteiger partial charge in [0.15, 0.2) is 5.17 Å². The highest BCUT2D eigenvalue weighted by Gasteiger charge is 2.13. The van der Waals surface area contributed by atoms with Crippen molar-refractivity contribution in [3.63, 3.8) is 0 Å². The van der Waals surface area contributed by atoms with E-state index in [4.69, 9.17) is 0 Å². The Bertz CT molecular complexity index is 763. The number of hydrogen-bond donors (Lipinski definition) is 2. The topological polar surface area (TPSA) is 53.5 Å². The number of hydrazone groups is 1. The summed E-state index contributed by atoms with van der Waals surface area (Å²) in [4.78, 5) is 12.1. The minimum absolute atomic E-state index is 0. The van der Waals surface area contributed by atoms with E-state index in [1.807, 2.05) is 47.9 Å². The second-order valence-corrected chi connectivity index (χ2v) is 6.28. The number of benzene rings is 2. The summed E-state index contributed by atoms with van der Waals surface area (Å²) in [5, 5.41) is 9.42. The van der Waals surface area contributed by atoms with Gasteiger partial charge >= 0.3 is 0 Å². The lowest BCUT2D eigenvalue weighted by molar-refractivity contribution is 0.0978. The van der Waals surface area contributed by atoms with Crippen LogP contribution in [0.4, 0.5) is 0 Å². The van der Waals surface area contributed by atoms with E-state index in [9.17, 15) is 4.79 Å². The molecule has 0 spiro atoms. The number of rotatable bonds is 2. The van der Waals surface area contributed by atoms with E-state index in [0.717, 1.165) is 15.7 Å². The van der Waals surface area contributed by atoms with Crippen molar-refractivity contribution >= 4 is 61.4 Å². The molecule has 1 aliphatic heterocycles. The minimum atomic E-state index is -0.189. The van der Waals surface area contributed by atoms with Crippen LogP contribution in [0, 0.1) is 0 Å². The molecule has 2 aromatic rings. The van der Waals surface area contributed by atoms with Crippen molar-refractivity contribution in [2.24, 2.45) is 5.10 Å². The summed E-state index contributed by atoms with van der Waals surface area (Å²) in [7, 11) is 0. The summed E-state index contributed by atoms with van der Waals surface area (Å²) < 4.78 is 0.864. The fourth-order valence-corrected chi connectivity index (χ4v) is 2.95. The third-order valence-electron chi connectivity index (χ3n) is 2.96. The highest BCUT2D eigenvalue weighted by Crippen LogP contribution is 2.20. The van der Waals surface area contributed by atoms with Crippen molar-refractivity contribution in [3.05, 3.63) is 75.6 Å². The average Bonchev–Trinajstić information content (AvgIpc) is 2.56. The third kappa shape index (κ3) is 4.70. The zero-order chi connectivity index (χ0) is 15.4. The lowest BCUT2D eigenvalue weighted by atomic mass is 10.2. The Kier molecular flexibility index (Phi) is 6.44. The molecular weight excluding hydrogens is 442 g/mol. The number of hydrogen-bond acceptors (Lipinski definition) is 4. The number of halogens is 2. The molecule has 0 fully saturated rings. The molecule has 1 heterocycles. The van der Waals surface area contributed by atoms with Crippen LogP contribution in [0.1, 0.15) is 15.9 Å². The Morgan fingerprint density at radius 1 is 1.13 bits per heavy atom. The number of thioether (sulfide) groups is 1. The highest BCUT2D eigenvalue weighted by atomic mass is 79.9. The van der Waals surface area contributed by atoms with E-state index in [1.165, 1.54) is 11.8 Å². The first-order valence-corrected chi connectivity index (χ1v) is 8.22. The maximum atomic E-state index is 12.1. The average molecular weight is 455 g/mol. The molecule has 118 valence electrons. The molecule has 1 aliphatic rings. The molecule has 2 aromatic carbocycles. The fourth-order valence-electron chi connectivity index (χ4n) is 1.89. The Hall–Kier alpha value is -1.57. The van der Waals surface area contributed by atoms with E-state index in [1.54, 1.807) is 12.1 Å². The van der Waals surface area contributed by atoms with Crippen molar-refractivity contribution < 1.29 is 4.79 Å². The third-order valence-corrected chi connectivity index (χ3v) is 4.22. The normalized spacial score (nSPS) is 13.1. The van der Waals surface area contributed by atoms with Crippen LogP contribution < -0.4 is 10.7 Å². The number of nitrogens with one attached hydrogen (secondary N) is 2. The maximum Gasteiger partial charge on any atom is 0.257 e. The van der Waals surface area contributed by atoms with Gasteiger partial charge in [-0.3, -0.25) is 15.5 Å². The molecule has 0 aliphatic carbocycles. The molecule has 0 radical (unpaired) electrons. The molecule has 0 aromatic heterocycles. The summed E-state index contributed by atoms with van der Waals surface area (Å²) in [6.45, 7) is 0. The zero-order valence-corrected chi connectivity index (χ0v) is 15.9. The van der Waals surface area contributed by atoms with Gasteiger partial charge in [-0.2, -0.15) is 0 Å². The van der Waals surface area contributed by atoms with Crippen LogP contribution in [-0.4, -0.2) is 11.1 Å². The molecule has 7 heteroatoms. The summed E-state index contributed by atoms with van der Waals surface area (Å²) in [5.41, 5.74) is 5.50. The Balaban J connectivity index is 0.00000192. The van der Waals surface area contributed by atoms with Gasteiger partial charge in [0.25, 0.3) is 5.91 Å². The molecule has 0 bridgehead atoms. The number of amides is 1. The van der Waals surface area contributed by atoms with Crippen LogP contribution in [-0.2, 0) is 0 Å². The quantitative estimate of drug-likeness (QED) is 0.708. The van der Waals surface area contributed by atoms with E-state index >= 15 is 0 Å². The molecule has 4 nitrogen and oxygen atoms in total. The number of carbonyl (C=O) groups is 1. The lowest BCUT2D eigenvalue weighted by Gasteiger charge is -2.14. The van der Waals surface area contributed by atoms with Crippen LogP contribution in [0.2, 0.25) is 0 Å². The Morgan fingerprint density at radius 3 is 2.57 bits per heavy atom. The first-order valence-electron chi connectivity index (χ1n) is 6.55. The van der Waals surface area contributed by atoms with Gasteiger partial charge in [0, 0.05) is 21.0 Å². The molecule has 2 N–H and O–H groups in total. The van der Waals surface area contributed by atoms with Gasteiger partial charge < -0.3 is 0 Å². The van der Waals surface area contributed by atoms with E-state index in [-0.39, 0.29) is 22.9 Å². The van der Waals surface area contributed by atoms with Crippen molar-refractivity contribution in [2.75, 3.05) is 0 Å². The van der Waals surface area contributed by atoms with Gasteiger partial charge in [-0.25, -0.2) is 0 Å². The predicted molar refractivity (Wildman–Crippen MR) is 105 cm³/mol. The monoisotopic (exact) mass is 453 g/mol. The summed E-state index contributed by atoms with van der Waals surface area (Å²) in [6.07, 6.45) is 0. The highest BCUT2D eigenvalue weighted by molar-refractivity contribution is 9.10. The van der Waals surface area contributed by atoms with Crippen LogP contribution in [0.3, 0.4) is 0 Å². The van der Waals surface area contributed by atoms with Crippen LogP contribution in [0.5, 0.6) is 0 Å². The van der Waals surface area contributed by atoms with Gasteiger partial charge in [-0.1, -0.05) is 64.1 Å². The number of amidine groups is 1. The standard InChI is InChI=1S/C16H12BrN3OS.BrH/c17-13-8-4-7-12(9-13)15(21)18-16-20-19-14(10-22-16)11-5-2-1-3-6-11;/h1-10,19H,(H,18,20,21);1H. The molecule has 0 saturated carbocycles. The molecule has 0 saturated heterocycles. The van der Waals surface area contributed by atoms with Crippen molar-refractivity contribution in [1.82, 2.24) is 10.7 Å². The summed E-state index contributed by atoms with van der Waals surface area (Å²) >= 11 is 4.73. The molecule has 0 unspecified atom stereocenters. The molecular formula is C16H13Br2N3OS. The van der Waals surface area contributed by atoms with E-state index in [0.29, 0.717) is 10.7 Å². The summed E-state index contributed by atoms with van der Waals surface area (Å²) in [6, 6.07) is 17.1. The SMILES string of the molecule is Br.O=C(NC1=NNC(c2ccccc2)=CS1)c1cccc(Br)c1. The van der Waals surface area contributed by atoms with Crippen LogP contribution >= 0.6 is 44.7 Å². The smallest absolute Gasteiger partial charge is 0.257 e. The predicted octanol–water partition coefficient (Wildman–Crippen LogP) is 4.36. The van der Waals surface area contributed by atoms with E-state index < -0.39 is 0 Å². The first kappa shape index (κ1) is 17.8. The number of carbonyl (C=O) groups excluding carboxylic acids is 1. The molecule has 0 atom stereocenters. The fraction of sp³-hybridized carbons (Fsp3) is 0. The Morgan fingerprint density at radius 2 is 1.91 bits per heavy atom. The second kappa shape index (κ2) is 8.33. The van der Waals surface area contributed by atoms with Gasteiger partial charge in [0.1, 0.15) is 0 Å². The van der Waals surface area contributed by atoms with Gasteiger partial charge in [-0.05, 0) is 18.2 Å². The zero-order valence-electron chi connectivity index (χ0n) is 11.8. The summed E-state index contributed by atoms with van der Waals surface area (Å²) in [5.74, 6) is -0.189. The van der Waals surface area contributed by atoms with Gasteiger partial charge in [-0.15, -0.1) is 22.1 Å². The first-order chi connectivity index (χ1) is 10.7. The molecule has 23 heavy (non-hydrogen) atoms. The molecule has 1 amide bonds. The van der Waals surface area contributed by atoms with Crippen molar-refractivity contribution in [3.8, 4) is 0 Å². The van der Waals surface area contributed by atoms with E-state index in [2.05, 4.69) is 31.8 Å². The largest absolute Gasteiger partial charge is 0.299 e. The van der Waals surface area contributed by atoms with Gasteiger partial charge in [0.2, 0.25) is 0 Å². The van der Waals surface area contributed by atoms with Crippen LogP contribution in [0.15, 0.2) is 69.6 Å². The van der Waals surface area contributed by atoms with Gasteiger partial charge in [0.05, 0.1) is 5.70 Å². The Labute approximate surface area is 157 Å². The maximum absolute atomic E-state index is 12.1. The number of nitrogens with zero attached hydrogens (tertiary/aromatic N) is 1. The van der Waals surface area contributed by atoms with Crippen molar-refractivity contribution in [1.29, 1.82) is 0 Å². The van der Waals surface area contributed by atoms with Crippen molar-refractivity contribution in [2.45, 2.75) is 0 Å². The molecule has 3 rings (SSSR count). The lowest BCUT2D eigenvalue weighted by Crippen LogP contribution is -2.31. The minimum Gasteiger partial charge on any atom is -0.299 e.